The summed E-state index contributed by atoms with van der Waals surface area (Å²) >= 11 is 0. The van der Waals surface area contributed by atoms with Crippen molar-refractivity contribution >= 4 is 6.21 Å². The fourth-order valence-corrected chi connectivity index (χ4v) is 1.60. The number of nitrogens with zero attached hydrogens (tertiary/aromatic N) is 2. The maximum Gasteiger partial charge on any atom is 0.142 e. The fourth-order valence-electron chi connectivity index (χ4n) is 1.60. The average Bonchev–Trinajstić information content (AvgIpc) is 2.58. The molecule has 3 heteroatoms. The molecule has 1 N–H and O–H groups in total. The van der Waals surface area contributed by atoms with Gasteiger partial charge >= 0.3 is 0 Å². The number of hydrogen-bond donors (Lipinski definition) is 1. The van der Waals surface area contributed by atoms with E-state index in [4.69, 9.17) is 0 Å². The number of hydrogen-bond acceptors (Lipinski definition) is 2. The van der Waals surface area contributed by atoms with Crippen LogP contribution in [0.15, 0.2) is 17.4 Å². The van der Waals surface area contributed by atoms with E-state index in [0.717, 1.165) is 5.12 Å². The molecule has 1 saturated heterocycles. The summed E-state index contributed by atoms with van der Waals surface area (Å²) in [6.45, 7) is 2.38. The molecule has 0 radical (unpaired) electrons. The lowest BCUT2D eigenvalue weighted by Crippen LogP contribution is -3.09. The van der Waals surface area contributed by atoms with Crippen LogP contribution in [0.25, 0.3) is 0 Å². The lowest BCUT2D eigenvalue weighted by atomic mass is 10.2. The highest BCUT2D eigenvalue weighted by Gasteiger charge is 2.20. The zero-order valence-electron chi connectivity index (χ0n) is 6.66. The number of rotatable bonds is 1. The molecule has 60 valence electrons. The van der Waals surface area contributed by atoms with Gasteiger partial charge in [-0.1, -0.05) is 11.5 Å². The van der Waals surface area contributed by atoms with Crippen LogP contribution in [0.5, 0.6) is 0 Å². The zero-order chi connectivity index (χ0) is 7.52. The molecular formula is C8H14N3+. The summed E-state index contributed by atoms with van der Waals surface area (Å²) < 4.78 is 0. The first-order valence-corrected chi connectivity index (χ1v) is 4.29. The molecule has 2 heterocycles. The zero-order valence-corrected chi connectivity index (χ0v) is 6.66. The van der Waals surface area contributed by atoms with Crippen LogP contribution in [0.4, 0.5) is 0 Å². The Morgan fingerprint density at radius 1 is 1.18 bits per heavy atom. The van der Waals surface area contributed by atoms with E-state index in [1.54, 1.807) is 0 Å². The Labute approximate surface area is 66.9 Å². The van der Waals surface area contributed by atoms with Gasteiger partial charge in [-0.2, -0.15) is 0 Å². The van der Waals surface area contributed by atoms with Crippen LogP contribution in [0.1, 0.15) is 19.3 Å². The van der Waals surface area contributed by atoms with Gasteiger partial charge in [0.05, 0.1) is 19.3 Å². The number of nitrogens with one attached hydrogen (secondary N) is 1. The van der Waals surface area contributed by atoms with E-state index in [0.29, 0.717) is 0 Å². The lowest BCUT2D eigenvalue weighted by Gasteiger charge is -2.25. The second-order valence-corrected chi connectivity index (χ2v) is 3.04. The molecule has 2 aliphatic heterocycles. The molecule has 0 aromatic carbocycles. The minimum Gasteiger partial charge on any atom is -0.126 e. The van der Waals surface area contributed by atoms with Crippen molar-refractivity contribution in [3.63, 3.8) is 0 Å². The highest BCUT2D eigenvalue weighted by atomic mass is 15.8. The van der Waals surface area contributed by atoms with Crippen molar-refractivity contribution < 1.29 is 5.12 Å². The van der Waals surface area contributed by atoms with E-state index in [2.05, 4.69) is 16.3 Å². The number of quaternary nitrogens is 1. The van der Waals surface area contributed by atoms with Crippen LogP contribution < -0.4 is 5.12 Å². The standard InChI is InChI=1S/C8H13N3/c1-2-6-10(7-3-1)11-8-4-5-9-11/h4-5,8H,1-3,6-7H2/p+1. The van der Waals surface area contributed by atoms with E-state index >= 15 is 0 Å². The van der Waals surface area contributed by atoms with E-state index in [9.17, 15) is 0 Å². The Hall–Kier alpha value is -0.670. The van der Waals surface area contributed by atoms with Crippen molar-refractivity contribution in [2.75, 3.05) is 13.1 Å². The van der Waals surface area contributed by atoms with Gasteiger partial charge in [-0.15, -0.1) is 10.1 Å². The van der Waals surface area contributed by atoms with Gasteiger partial charge in [0.15, 0.2) is 0 Å². The fraction of sp³-hybridized carbons (Fsp3) is 0.625. The first-order chi connectivity index (χ1) is 5.47. The highest BCUT2D eigenvalue weighted by Crippen LogP contribution is 2.04. The first-order valence-electron chi connectivity index (χ1n) is 4.29. The first kappa shape index (κ1) is 7.00. The molecule has 0 bridgehead atoms. The van der Waals surface area contributed by atoms with Crippen LogP contribution >= 0.6 is 0 Å². The van der Waals surface area contributed by atoms with E-state index in [1.807, 2.05) is 12.3 Å². The van der Waals surface area contributed by atoms with Crippen LogP contribution in [0.2, 0.25) is 0 Å². The van der Waals surface area contributed by atoms with Gasteiger partial charge in [-0.25, -0.2) is 0 Å². The van der Waals surface area contributed by atoms with Crippen molar-refractivity contribution in [1.29, 1.82) is 0 Å². The third kappa shape index (κ3) is 1.49. The molecule has 0 aliphatic carbocycles. The normalized spacial score (nSPS) is 31.5. The van der Waals surface area contributed by atoms with Gasteiger partial charge in [0.1, 0.15) is 6.20 Å². The minimum absolute atomic E-state index is 1.16. The van der Waals surface area contributed by atoms with E-state index < -0.39 is 0 Å². The lowest BCUT2D eigenvalue weighted by molar-refractivity contribution is -0.976. The molecule has 1 fully saturated rings. The maximum absolute atomic E-state index is 4.27. The van der Waals surface area contributed by atoms with E-state index in [-0.39, 0.29) is 0 Å². The predicted molar refractivity (Wildman–Crippen MR) is 44.0 cm³/mol. The highest BCUT2D eigenvalue weighted by molar-refractivity contribution is 5.70. The Morgan fingerprint density at radius 2 is 2.00 bits per heavy atom. The smallest absolute Gasteiger partial charge is 0.126 e. The minimum atomic E-state index is 1.16. The SMILES string of the molecule is C1=C[NH+](N2CCCCC2)N=C1. The van der Waals surface area contributed by atoms with Gasteiger partial charge in [-0.05, 0) is 12.8 Å². The third-order valence-corrected chi connectivity index (χ3v) is 2.22. The van der Waals surface area contributed by atoms with Crippen LogP contribution in [0.3, 0.4) is 0 Å². The summed E-state index contributed by atoms with van der Waals surface area (Å²) in [5.74, 6) is 0. The van der Waals surface area contributed by atoms with Crippen LogP contribution in [0, 0.1) is 0 Å². The van der Waals surface area contributed by atoms with Gasteiger partial charge in [0, 0.05) is 6.08 Å². The Morgan fingerprint density at radius 3 is 2.64 bits per heavy atom. The second kappa shape index (κ2) is 3.15. The van der Waals surface area contributed by atoms with Gasteiger partial charge in [0.2, 0.25) is 0 Å². The van der Waals surface area contributed by atoms with Gasteiger partial charge < -0.3 is 0 Å². The van der Waals surface area contributed by atoms with Crippen molar-refractivity contribution in [2.45, 2.75) is 19.3 Å². The molecule has 1 unspecified atom stereocenters. The Kier molecular flexibility index (Phi) is 2.01. The predicted octanol–water partition coefficient (Wildman–Crippen LogP) is -0.215. The third-order valence-electron chi connectivity index (χ3n) is 2.22. The van der Waals surface area contributed by atoms with Crippen molar-refractivity contribution in [3.8, 4) is 0 Å². The van der Waals surface area contributed by atoms with Gasteiger partial charge in [-0.3, -0.25) is 0 Å². The molecule has 0 saturated carbocycles. The van der Waals surface area contributed by atoms with Crippen molar-refractivity contribution in [2.24, 2.45) is 5.10 Å². The quantitative estimate of drug-likeness (QED) is 0.551. The van der Waals surface area contributed by atoms with Crippen molar-refractivity contribution in [1.82, 2.24) is 5.01 Å². The summed E-state index contributed by atoms with van der Waals surface area (Å²) in [7, 11) is 0. The number of piperidine rings is 1. The Bertz CT molecular complexity index is 168. The van der Waals surface area contributed by atoms with Gasteiger partial charge in [0.25, 0.3) is 0 Å². The molecule has 11 heavy (non-hydrogen) atoms. The molecule has 2 rings (SSSR count). The molecule has 0 aromatic rings. The second-order valence-electron chi connectivity index (χ2n) is 3.04. The van der Waals surface area contributed by atoms with Crippen LogP contribution in [-0.4, -0.2) is 24.3 Å². The molecule has 0 aromatic heterocycles. The summed E-state index contributed by atoms with van der Waals surface area (Å²) in [5.41, 5.74) is 0. The molecule has 0 spiro atoms. The largest absolute Gasteiger partial charge is 0.142 e. The van der Waals surface area contributed by atoms with Crippen molar-refractivity contribution in [3.05, 3.63) is 12.3 Å². The molecular weight excluding hydrogens is 138 g/mol. The monoisotopic (exact) mass is 152 g/mol. The summed E-state index contributed by atoms with van der Waals surface area (Å²) in [6, 6.07) is 0. The summed E-state index contributed by atoms with van der Waals surface area (Å²) in [5, 5.41) is 7.79. The Balaban J connectivity index is 1.92. The summed E-state index contributed by atoms with van der Waals surface area (Å²) in [4.78, 5) is 0. The topological polar surface area (TPSA) is 20.0 Å². The maximum atomic E-state index is 4.27. The number of allylic oxidation sites excluding steroid dienone is 1. The molecule has 2 aliphatic rings. The summed E-state index contributed by atoms with van der Waals surface area (Å²) in [6.07, 6.45) is 10.00. The molecule has 1 atom stereocenters. The van der Waals surface area contributed by atoms with Crippen LogP contribution in [-0.2, 0) is 0 Å². The molecule has 0 amide bonds. The average molecular weight is 152 g/mol. The van der Waals surface area contributed by atoms with E-state index in [1.165, 1.54) is 32.4 Å². The molecule has 3 nitrogen and oxygen atoms in total.